The summed E-state index contributed by atoms with van der Waals surface area (Å²) in [4.78, 5) is 7.01. The number of guanidine groups is 1. The molecular weight excluding hydrogens is 300 g/mol. The van der Waals surface area contributed by atoms with E-state index in [9.17, 15) is 0 Å². The highest BCUT2D eigenvalue weighted by molar-refractivity contribution is 5.79. The molecule has 0 aromatic rings. The molecular formula is C19H38N4O. The summed E-state index contributed by atoms with van der Waals surface area (Å²) < 4.78 is 5.28. The largest absolute Gasteiger partial charge is 0.385 e. The van der Waals surface area contributed by atoms with Gasteiger partial charge >= 0.3 is 0 Å². The predicted molar refractivity (Wildman–Crippen MR) is 102 cm³/mol. The van der Waals surface area contributed by atoms with Crippen molar-refractivity contribution in [2.45, 2.75) is 51.9 Å². The molecule has 1 aliphatic heterocycles. The molecule has 2 fully saturated rings. The number of hydrogen-bond donors (Lipinski definition) is 2. The first kappa shape index (κ1) is 19.5. The second kappa shape index (κ2) is 10.2. The van der Waals surface area contributed by atoms with Crippen molar-refractivity contribution in [3.05, 3.63) is 0 Å². The number of methoxy groups -OCH3 is 1. The zero-order chi connectivity index (χ0) is 17.3. The van der Waals surface area contributed by atoms with Gasteiger partial charge < -0.3 is 20.3 Å². The summed E-state index contributed by atoms with van der Waals surface area (Å²) in [6.45, 7) is 8.94. The Morgan fingerprint density at radius 2 is 1.92 bits per heavy atom. The molecule has 1 saturated heterocycles. The fourth-order valence-corrected chi connectivity index (χ4v) is 3.92. The van der Waals surface area contributed by atoms with Gasteiger partial charge in [0.2, 0.25) is 0 Å². The molecule has 2 aliphatic rings. The standard InChI is InChI=1S/C19H38N4O/c1-17(15-23-11-5-4-6-12-23)14-21-18(20-2)22-16-19(8-7-9-19)10-13-24-3/h17H,4-16H2,1-3H3,(H2,20,21,22). The third-order valence-corrected chi connectivity index (χ3v) is 5.74. The third-order valence-electron chi connectivity index (χ3n) is 5.74. The van der Waals surface area contributed by atoms with Crippen LogP contribution in [-0.2, 0) is 4.74 Å². The van der Waals surface area contributed by atoms with Crippen molar-refractivity contribution in [2.24, 2.45) is 16.3 Å². The van der Waals surface area contributed by atoms with Gasteiger partial charge in [-0.25, -0.2) is 0 Å². The van der Waals surface area contributed by atoms with Crippen LogP contribution in [0.25, 0.3) is 0 Å². The summed E-state index contributed by atoms with van der Waals surface area (Å²) in [5.41, 5.74) is 0.424. The van der Waals surface area contributed by atoms with Crippen molar-refractivity contribution in [3.8, 4) is 0 Å². The molecule has 140 valence electrons. The van der Waals surface area contributed by atoms with Crippen LogP contribution in [0.2, 0.25) is 0 Å². The number of hydrogen-bond acceptors (Lipinski definition) is 3. The van der Waals surface area contributed by atoms with E-state index in [2.05, 4.69) is 27.4 Å². The van der Waals surface area contributed by atoms with Crippen molar-refractivity contribution in [1.29, 1.82) is 0 Å². The van der Waals surface area contributed by atoms with Gasteiger partial charge in [-0.2, -0.15) is 0 Å². The molecule has 5 heteroatoms. The summed E-state index contributed by atoms with van der Waals surface area (Å²) in [7, 11) is 3.66. The first-order valence-corrected chi connectivity index (χ1v) is 9.83. The second-order valence-electron chi connectivity index (χ2n) is 7.87. The van der Waals surface area contributed by atoms with Gasteiger partial charge in [0.1, 0.15) is 0 Å². The lowest BCUT2D eigenvalue weighted by molar-refractivity contribution is 0.0732. The Morgan fingerprint density at radius 3 is 2.50 bits per heavy atom. The molecule has 0 bridgehead atoms. The zero-order valence-electron chi connectivity index (χ0n) is 16.1. The SMILES string of the molecule is CN=C(NCC(C)CN1CCCCC1)NCC1(CCOC)CCC1. The lowest BCUT2D eigenvalue weighted by atomic mass is 9.67. The van der Waals surface area contributed by atoms with E-state index in [1.165, 1.54) is 58.2 Å². The van der Waals surface area contributed by atoms with Crippen LogP contribution in [0.1, 0.15) is 51.9 Å². The minimum atomic E-state index is 0.424. The lowest BCUT2D eigenvalue weighted by Crippen LogP contribution is -2.48. The van der Waals surface area contributed by atoms with Crippen molar-refractivity contribution in [3.63, 3.8) is 0 Å². The van der Waals surface area contributed by atoms with Crippen LogP contribution in [0.5, 0.6) is 0 Å². The number of rotatable bonds is 9. The molecule has 0 radical (unpaired) electrons. The van der Waals surface area contributed by atoms with Crippen molar-refractivity contribution in [1.82, 2.24) is 15.5 Å². The van der Waals surface area contributed by atoms with E-state index in [0.717, 1.165) is 32.1 Å². The minimum Gasteiger partial charge on any atom is -0.385 e. The molecule has 1 aliphatic carbocycles. The first-order valence-electron chi connectivity index (χ1n) is 9.83. The highest BCUT2D eigenvalue weighted by Crippen LogP contribution is 2.43. The highest BCUT2D eigenvalue weighted by Gasteiger charge is 2.36. The quantitative estimate of drug-likeness (QED) is 0.501. The van der Waals surface area contributed by atoms with Gasteiger partial charge in [-0.05, 0) is 56.5 Å². The maximum atomic E-state index is 5.28. The average Bonchev–Trinajstić information content (AvgIpc) is 2.57. The number of likely N-dealkylation sites (tertiary alicyclic amines) is 1. The monoisotopic (exact) mass is 338 g/mol. The van der Waals surface area contributed by atoms with E-state index in [-0.39, 0.29) is 0 Å². The average molecular weight is 339 g/mol. The third kappa shape index (κ3) is 6.25. The Morgan fingerprint density at radius 1 is 1.17 bits per heavy atom. The van der Waals surface area contributed by atoms with Crippen LogP contribution in [0, 0.1) is 11.3 Å². The van der Waals surface area contributed by atoms with E-state index in [0.29, 0.717) is 11.3 Å². The molecule has 0 aromatic carbocycles. The molecule has 0 amide bonds. The first-order chi connectivity index (χ1) is 11.7. The van der Waals surface area contributed by atoms with Gasteiger partial charge in [-0.1, -0.05) is 19.8 Å². The van der Waals surface area contributed by atoms with Crippen molar-refractivity contribution < 1.29 is 4.74 Å². The number of ether oxygens (including phenoxy) is 1. The fraction of sp³-hybridized carbons (Fsp3) is 0.947. The Bertz CT molecular complexity index is 376. The summed E-state index contributed by atoms with van der Waals surface area (Å²) >= 11 is 0. The molecule has 2 N–H and O–H groups in total. The topological polar surface area (TPSA) is 48.9 Å². The van der Waals surface area contributed by atoms with E-state index in [4.69, 9.17) is 4.74 Å². The van der Waals surface area contributed by atoms with Crippen LogP contribution in [0.4, 0.5) is 0 Å². The van der Waals surface area contributed by atoms with Crippen LogP contribution in [-0.4, -0.2) is 64.3 Å². The number of nitrogens with one attached hydrogen (secondary N) is 2. The maximum Gasteiger partial charge on any atom is 0.191 e. The number of aliphatic imine (C=N–C) groups is 1. The highest BCUT2D eigenvalue weighted by atomic mass is 16.5. The van der Waals surface area contributed by atoms with Gasteiger partial charge in [0, 0.05) is 40.4 Å². The lowest BCUT2D eigenvalue weighted by Gasteiger charge is -2.42. The normalized spacial score (nSPS) is 22.7. The number of piperidine rings is 1. The summed E-state index contributed by atoms with van der Waals surface area (Å²) in [5.74, 6) is 1.59. The summed E-state index contributed by atoms with van der Waals surface area (Å²) in [6, 6.07) is 0. The van der Waals surface area contributed by atoms with Crippen LogP contribution in [0.15, 0.2) is 4.99 Å². The Kier molecular flexibility index (Phi) is 8.33. The van der Waals surface area contributed by atoms with E-state index < -0.39 is 0 Å². The molecule has 2 rings (SSSR count). The molecule has 0 spiro atoms. The van der Waals surface area contributed by atoms with E-state index in [1.54, 1.807) is 7.11 Å². The van der Waals surface area contributed by atoms with Crippen LogP contribution < -0.4 is 10.6 Å². The second-order valence-corrected chi connectivity index (χ2v) is 7.87. The Balaban J connectivity index is 1.66. The zero-order valence-corrected chi connectivity index (χ0v) is 16.1. The van der Waals surface area contributed by atoms with Gasteiger partial charge in [-0.3, -0.25) is 4.99 Å². The predicted octanol–water partition coefficient (Wildman–Crippen LogP) is 2.48. The maximum absolute atomic E-state index is 5.28. The van der Waals surface area contributed by atoms with Gasteiger partial charge in [0.25, 0.3) is 0 Å². The molecule has 0 aromatic heterocycles. The van der Waals surface area contributed by atoms with Crippen molar-refractivity contribution >= 4 is 5.96 Å². The molecule has 1 atom stereocenters. The number of nitrogens with zero attached hydrogens (tertiary/aromatic N) is 2. The summed E-state index contributed by atoms with van der Waals surface area (Å²) in [5, 5.41) is 7.07. The van der Waals surface area contributed by atoms with Crippen LogP contribution >= 0.6 is 0 Å². The Hall–Kier alpha value is -0.810. The minimum absolute atomic E-state index is 0.424. The van der Waals surface area contributed by atoms with Gasteiger partial charge in [0.05, 0.1) is 0 Å². The van der Waals surface area contributed by atoms with Crippen LogP contribution in [0.3, 0.4) is 0 Å². The molecule has 5 nitrogen and oxygen atoms in total. The molecule has 1 saturated carbocycles. The van der Waals surface area contributed by atoms with Gasteiger partial charge in [-0.15, -0.1) is 0 Å². The smallest absolute Gasteiger partial charge is 0.191 e. The molecule has 24 heavy (non-hydrogen) atoms. The van der Waals surface area contributed by atoms with E-state index in [1.807, 2.05) is 7.05 Å². The van der Waals surface area contributed by atoms with E-state index >= 15 is 0 Å². The molecule has 1 heterocycles. The van der Waals surface area contributed by atoms with Gasteiger partial charge in [0.15, 0.2) is 5.96 Å². The molecule has 1 unspecified atom stereocenters. The Labute approximate surface area is 148 Å². The van der Waals surface area contributed by atoms with Crippen molar-refractivity contribution in [2.75, 3.05) is 53.5 Å². The summed E-state index contributed by atoms with van der Waals surface area (Å²) in [6.07, 6.45) is 9.27. The fourth-order valence-electron chi connectivity index (χ4n) is 3.92.